The average Bonchev–Trinajstić information content (AvgIpc) is 2.86. The minimum Gasteiger partial charge on any atom is -0.351 e. The molecular formula is C13H21BrIN3S. The number of thiophene rings is 1. The molecule has 2 heterocycles. The van der Waals surface area contributed by atoms with Gasteiger partial charge in [0, 0.05) is 34.9 Å². The predicted molar refractivity (Wildman–Crippen MR) is 97.6 cm³/mol. The third-order valence-electron chi connectivity index (χ3n) is 3.23. The van der Waals surface area contributed by atoms with E-state index in [1.165, 1.54) is 11.3 Å². The second kappa shape index (κ2) is 7.26. The van der Waals surface area contributed by atoms with Crippen LogP contribution in [0.4, 0.5) is 0 Å². The van der Waals surface area contributed by atoms with Gasteiger partial charge in [0.2, 0.25) is 0 Å². The lowest BCUT2D eigenvalue weighted by molar-refractivity contribution is 0.370. The summed E-state index contributed by atoms with van der Waals surface area (Å²) in [6, 6.07) is 2.15. The first-order valence-corrected chi connectivity index (χ1v) is 7.86. The molecule has 1 aliphatic heterocycles. The van der Waals surface area contributed by atoms with Crippen molar-refractivity contribution in [3.63, 3.8) is 0 Å². The van der Waals surface area contributed by atoms with E-state index in [1.54, 1.807) is 11.3 Å². The molecule has 1 N–H and O–H groups in total. The SMILES string of the molecule is CN=C(NCc1cc(Br)cs1)N1CCC(C)(C)C1.I. The Hall–Kier alpha value is 0.180. The van der Waals surface area contributed by atoms with E-state index >= 15 is 0 Å². The lowest BCUT2D eigenvalue weighted by Crippen LogP contribution is -2.40. The standard InChI is InChI=1S/C13H20BrN3S.HI/c1-13(2)4-5-17(9-13)12(15-3)16-7-11-6-10(14)8-18-11;/h6,8H,4-5,7,9H2,1-3H3,(H,15,16);1H. The Balaban J connectivity index is 0.00000180. The fourth-order valence-electron chi connectivity index (χ4n) is 2.24. The molecule has 0 atom stereocenters. The van der Waals surface area contributed by atoms with E-state index in [0.717, 1.165) is 30.1 Å². The highest BCUT2D eigenvalue weighted by Gasteiger charge is 2.30. The van der Waals surface area contributed by atoms with E-state index in [9.17, 15) is 0 Å². The van der Waals surface area contributed by atoms with Crippen molar-refractivity contribution in [1.82, 2.24) is 10.2 Å². The molecular weight excluding hydrogens is 437 g/mol. The van der Waals surface area contributed by atoms with Crippen molar-refractivity contribution >= 4 is 57.2 Å². The summed E-state index contributed by atoms with van der Waals surface area (Å²) in [5.41, 5.74) is 0.406. The molecule has 0 bridgehead atoms. The Morgan fingerprint density at radius 1 is 1.58 bits per heavy atom. The number of likely N-dealkylation sites (tertiary alicyclic amines) is 1. The lowest BCUT2D eigenvalue weighted by atomic mass is 9.93. The first kappa shape index (κ1) is 17.2. The summed E-state index contributed by atoms with van der Waals surface area (Å²) in [6.45, 7) is 7.66. The monoisotopic (exact) mass is 457 g/mol. The van der Waals surface area contributed by atoms with Gasteiger partial charge in [-0.1, -0.05) is 13.8 Å². The summed E-state index contributed by atoms with van der Waals surface area (Å²) < 4.78 is 1.15. The largest absolute Gasteiger partial charge is 0.351 e. The summed E-state index contributed by atoms with van der Waals surface area (Å²) in [7, 11) is 1.86. The van der Waals surface area contributed by atoms with Crippen LogP contribution in [-0.2, 0) is 6.54 Å². The second-order valence-electron chi connectivity index (χ2n) is 5.47. The number of hydrogen-bond acceptors (Lipinski definition) is 2. The zero-order valence-corrected chi connectivity index (χ0v) is 16.3. The Morgan fingerprint density at radius 3 is 2.79 bits per heavy atom. The predicted octanol–water partition coefficient (Wildman–Crippen LogP) is 3.94. The van der Waals surface area contributed by atoms with Crippen LogP contribution in [0.25, 0.3) is 0 Å². The molecule has 0 aliphatic carbocycles. The van der Waals surface area contributed by atoms with Crippen molar-refractivity contribution < 1.29 is 0 Å². The lowest BCUT2D eigenvalue weighted by Gasteiger charge is -2.23. The van der Waals surface area contributed by atoms with E-state index in [0.29, 0.717) is 5.41 Å². The van der Waals surface area contributed by atoms with Crippen molar-refractivity contribution in [2.24, 2.45) is 10.4 Å². The van der Waals surface area contributed by atoms with Gasteiger partial charge >= 0.3 is 0 Å². The van der Waals surface area contributed by atoms with Gasteiger partial charge in [0.25, 0.3) is 0 Å². The van der Waals surface area contributed by atoms with Crippen LogP contribution in [0.3, 0.4) is 0 Å². The quantitative estimate of drug-likeness (QED) is 0.413. The molecule has 0 amide bonds. The summed E-state index contributed by atoms with van der Waals surface area (Å²) in [5, 5.41) is 5.55. The Labute approximate surface area is 145 Å². The van der Waals surface area contributed by atoms with Crippen LogP contribution < -0.4 is 5.32 Å². The zero-order valence-electron chi connectivity index (χ0n) is 11.6. The second-order valence-corrected chi connectivity index (χ2v) is 7.38. The molecule has 0 aromatic carbocycles. The highest BCUT2D eigenvalue weighted by Crippen LogP contribution is 2.28. The molecule has 6 heteroatoms. The number of halogens is 2. The van der Waals surface area contributed by atoms with Gasteiger partial charge in [0.15, 0.2) is 5.96 Å². The summed E-state index contributed by atoms with van der Waals surface area (Å²) >= 11 is 5.24. The number of nitrogens with zero attached hydrogens (tertiary/aromatic N) is 2. The Bertz CT molecular complexity index is 445. The van der Waals surface area contributed by atoms with E-state index in [1.807, 2.05) is 7.05 Å². The molecule has 1 aromatic heterocycles. The average molecular weight is 458 g/mol. The molecule has 0 spiro atoms. The highest BCUT2D eigenvalue weighted by atomic mass is 127. The van der Waals surface area contributed by atoms with Crippen molar-refractivity contribution in [2.45, 2.75) is 26.8 Å². The van der Waals surface area contributed by atoms with Crippen LogP contribution >= 0.6 is 51.2 Å². The molecule has 0 saturated carbocycles. The molecule has 1 saturated heterocycles. The minimum atomic E-state index is 0. The molecule has 108 valence electrons. The van der Waals surface area contributed by atoms with Gasteiger partial charge < -0.3 is 10.2 Å². The minimum absolute atomic E-state index is 0. The van der Waals surface area contributed by atoms with Crippen LogP contribution in [0.5, 0.6) is 0 Å². The van der Waals surface area contributed by atoms with Crippen LogP contribution in [0, 0.1) is 5.41 Å². The van der Waals surface area contributed by atoms with Gasteiger partial charge in [-0.25, -0.2) is 0 Å². The van der Waals surface area contributed by atoms with Crippen molar-refractivity contribution in [1.29, 1.82) is 0 Å². The maximum Gasteiger partial charge on any atom is 0.193 e. The number of rotatable bonds is 2. The Morgan fingerprint density at radius 2 is 2.32 bits per heavy atom. The van der Waals surface area contributed by atoms with Gasteiger partial charge in [-0.3, -0.25) is 4.99 Å². The van der Waals surface area contributed by atoms with Gasteiger partial charge in [-0.05, 0) is 33.8 Å². The van der Waals surface area contributed by atoms with Crippen LogP contribution in [0.15, 0.2) is 20.9 Å². The number of hydrogen-bond donors (Lipinski definition) is 1. The third kappa shape index (κ3) is 4.90. The van der Waals surface area contributed by atoms with Gasteiger partial charge in [0.05, 0.1) is 6.54 Å². The van der Waals surface area contributed by atoms with Crippen molar-refractivity contribution in [3.8, 4) is 0 Å². The normalized spacial score (nSPS) is 18.3. The van der Waals surface area contributed by atoms with Gasteiger partial charge in [-0.15, -0.1) is 35.3 Å². The molecule has 2 rings (SSSR count). The van der Waals surface area contributed by atoms with Crippen LogP contribution in [0.1, 0.15) is 25.1 Å². The number of aliphatic imine (C=N–C) groups is 1. The summed E-state index contributed by atoms with van der Waals surface area (Å²) in [5.74, 6) is 1.02. The third-order valence-corrected chi connectivity index (χ3v) is 4.93. The number of nitrogens with one attached hydrogen (secondary N) is 1. The fourth-order valence-corrected chi connectivity index (χ4v) is 3.63. The maximum absolute atomic E-state index is 4.38. The molecule has 1 fully saturated rings. The molecule has 3 nitrogen and oxygen atoms in total. The highest BCUT2D eigenvalue weighted by molar-refractivity contribution is 14.0. The van der Waals surface area contributed by atoms with E-state index in [-0.39, 0.29) is 24.0 Å². The first-order valence-electron chi connectivity index (χ1n) is 6.19. The summed E-state index contributed by atoms with van der Waals surface area (Å²) in [6.07, 6.45) is 1.23. The smallest absolute Gasteiger partial charge is 0.193 e. The van der Waals surface area contributed by atoms with E-state index < -0.39 is 0 Å². The molecule has 1 aromatic rings. The molecule has 0 unspecified atom stereocenters. The van der Waals surface area contributed by atoms with Crippen LogP contribution in [-0.4, -0.2) is 31.0 Å². The zero-order chi connectivity index (χ0) is 13.2. The van der Waals surface area contributed by atoms with Gasteiger partial charge in [0.1, 0.15) is 0 Å². The number of guanidine groups is 1. The maximum atomic E-state index is 4.38. The fraction of sp³-hybridized carbons (Fsp3) is 0.615. The van der Waals surface area contributed by atoms with E-state index in [2.05, 4.69) is 56.4 Å². The van der Waals surface area contributed by atoms with Crippen molar-refractivity contribution in [3.05, 3.63) is 20.8 Å². The van der Waals surface area contributed by atoms with Crippen molar-refractivity contribution in [2.75, 3.05) is 20.1 Å². The first-order chi connectivity index (χ1) is 8.50. The summed E-state index contributed by atoms with van der Waals surface area (Å²) in [4.78, 5) is 8.05. The van der Waals surface area contributed by atoms with Crippen LogP contribution in [0.2, 0.25) is 0 Å². The Kier molecular flexibility index (Phi) is 6.59. The molecule has 19 heavy (non-hydrogen) atoms. The van der Waals surface area contributed by atoms with E-state index in [4.69, 9.17) is 0 Å². The topological polar surface area (TPSA) is 27.6 Å². The van der Waals surface area contributed by atoms with Gasteiger partial charge in [-0.2, -0.15) is 0 Å². The molecule has 0 radical (unpaired) electrons. The molecule has 1 aliphatic rings.